The van der Waals surface area contributed by atoms with Crippen molar-refractivity contribution >= 4 is 54.3 Å². The molecule has 364 valence electrons. The van der Waals surface area contributed by atoms with Crippen LogP contribution in [0.2, 0.25) is 0 Å². The number of aromatic nitrogens is 3. The zero-order valence-corrected chi connectivity index (χ0v) is 39.4. The Labute approximate surface area is 381 Å². The van der Waals surface area contributed by atoms with Gasteiger partial charge in [-0.2, -0.15) is 16.8 Å². The molecule has 3 aliphatic rings. The molecule has 66 heavy (non-hydrogen) atoms. The van der Waals surface area contributed by atoms with Crippen LogP contribution >= 0.6 is 0 Å². The van der Waals surface area contributed by atoms with Crippen LogP contribution in [0.15, 0.2) is 50.9 Å². The number of carbonyl (C=O) groups excluding carboxylic acids is 1. The molecule has 2 saturated heterocycles. The van der Waals surface area contributed by atoms with Crippen LogP contribution in [-0.4, -0.2) is 140 Å². The lowest BCUT2D eigenvalue weighted by molar-refractivity contribution is 0.0194. The predicted molar refractivity (Wildman–Crippen MR) is 247 cm³/mol. The zero-order valence-electron chi connectivity index (χ0n) is 37.7. The first-order valence-electron chi connectivity index (χ1n) is 21.6. The van der Waals surface area contributed by atoms with Crippen LogP contribution < -0.4 is 26.9 Å². The molecule has 0 radical (unpaired) electrons. The van der Waals surface area contributed by atoms with Gasteiger partial charge in [0, 0.05) is 75.8 Å². The zero-order chi connectivity index (χ0) is 48.5. The van der Waals surface area contributed by atoms with E-state index in [1.54, 1.807) is 9.47 Å². The van der Waals surface area contributed by atoms with Gasteiger partial charge in [-0.25, -0.2) is 18.4 Å². The number of aryl methyl sites for hydroxylation is 2. The van der Waals surface area contributed by atoms with Gasteiger partial charge < -0.3 is 24.3 Å². The Morgan fingerprint density at radius 2 is 1.59 bits per heavy atom. The molecule has 0 unspecified atom stereocenters. The number of ether oxygens (including phenoxy) is 2. The van der Waals surface area contributed by atoms with Crippen LogP contribution in [-0.2, 0) is 42.7 Å². The Balaban J connectivity index is 0.000000739. The Kier molecular flexibility index (Phi) is 17.8. The summed E-state index contributed by atoms with van der Waals surface area (Å²) in [6.07, 6.45) is 6.50. The van der Waals surface area contributed by atoms with Gasteiger partial charge in [0.25, 0.3) is 25.8 Å². The highest BCUT2D eigenvalue weighted by Gasteiger charge is 2.33. The highest BCUT2D eigenvalue weighted by atomic mass is 32.2. The number of aromatic amines is 1. The van der Waals surface area contributed by atoms with Gasteiger partial charge in [0.15, 0.2) is 5.82 Å². The van der Waals surface area contributed by atoms with Crippen LogP contribution in [0.3, 0.4) is 0 Å². The second kappa shape index (κ2) is 22.6. The van der Waals surface area contributed by atoms with Gasteiger partial charge in [0.1, 0.15) is 29.5 Å². The Morgan fingerprint density at radius 1 is 0.939 bits per heavy atom. The smallest absolute Gasteiger partial charge is 0.343 e. The number of piperazine rings is 1. The molecule has 1 atom stereocenters. The summed E-state index contributed by atoms with van der Waals surface area (Å²) in [4.78, 5) is 61.1. The molecule has 4 aromatic rings. The van der Waals surface area contributed by atoms with E-state index >= 15 is 8.78 Å². The maximum absolute atomic E-state index is 16.5. The summed E-state index contributed by atoms with van der Waals surface area (Å²) in [6, 6.07) is 8.22. The number of esters is 1. The van der Waals surface area contributed by atoms with Crippen LogP contribution in [0.4, 0.5) is 26.0 Å². The molecule has 23 heteroatoms. The molecule has 4 heterocycles. The van der Waals surface area contributed by atoms with Gasteiger partial charge >= 0.3 is 11.7 Å². The minimum atomic E-state index is -3.67. The molecular formula is C43H59F2N7O12S2. The quantitative estimate of drug-likeness (QED) is 0.0802. The van der Waals surface area contributed by atoms with Crippen LogP contribution in [0.25, 0.3) is 10.9 Å². The fraction of sp³-hybridized carbons (Fsp3) is 0.535. The number of hydrogen-bond donors (Lipinski definition) is 4. The average molecular weight is 968 g/mol. The second-order valence-electron chi connectivity index (χ2n) is 16.6. The summed E-state index contributed by atoms with van der Waals surface area (Å²) in [5, 5.41) is 2.96. The third-order valence-corrected chi connectivity index (χ3v) is 11.3. The second-order valence-corrected chi connectivity index (χ2v) is 19.6. The molecular weight excluding hydrogens is 909 g/mol. The minimum absolute atomic E-state index is 0.00340. The fourth-order valence-corrected chi connectivity index (χ4v) is 7.88. The lowest BCUT2D eigenvalue weighted by Crippen LogP contribution is -2.52. The van der Waals surface area contributed by atoms with Gasteiger partial charge in [-0.05, 0) is 81.8 Å². The summed E-state index contributed by atoms with van der Waals surface area (Å²) in [7, 11) is -7.33. The SMILES string of the molecule is CCc1cc(Nc2cc(=O)n(CCCCN3CCN(c4c(F)cc5c(=O)c(C(=O)OCCN6CCOCC6)cn(C6CC6)c5c4F)C[C@@H]3C)c(=O)[nH]2)ccc1C.CS(=O)(=O)O.CS(=O)(=O)O. The highest BCUT2D eigenvalue weighted by molar-refractivity contribution is 7.85. The van der Waals surface area contributed by atoms with Crippen molar-refractivity contribution in [2.45, 2.75) is 71.5 Å². The van der Waals surface area contributed by atoms with Crippen molar-refractivity contribution in [2.75, 3.05) is 88.4 Å². The Hall–Kier alpha value is -5.04. The van der Waals surface area contributed by atoms with E-state index < -0.39 is 49.0 Å². The molecule has 2 aromatic heterocycles. The number of rotatable bonds is 14. The van der Waals surface area contributed by atoms with E-state index in [0.717, 1.165) is 44.1 Å². The molecule has 4 N–H and O–H groups in total. The van der Waals surface area contributed by atoms with E-state index in [0.29, 0.717) is 77.1 Å². The fourth-order valence-electron chi connectivity index (χ4n) is 7.88. The first-order chi connectivity index (χ1) is 31.0. The largest absolute Gasteiger partial charge is 0.461 e. The molecule has 3 fully saturated rings. The van der Waals surface area contributed by atoms with E-state index in [9.17, 15) is 36.0 Å². The van der Waals surface area contributed by atoms with Crippen LogP contribution in [0.5, 0.6) is 0 Å². The summed E-state index contributed by atoms with van der Waals surface area (Å²) in [5.41, 5.74) is 1.14. The normalized spacial score (nSPS) is 17.1. The number of morpholine rings is 1. The van der Waals surface area contributed by atoms with Gasteiger partial charge in [-0.3, -0.25) is 38.0 Å². The molecule has 0 amide bonds. The van der Waals surface area contributed by atoms with Crippen molar-refractivity contribution in [3.05, 3.63) is 95.9 Å². The first kappa shape index (κ1) is 51.9. The average Bonchev–Trinajstić information content (AvgIpc) is 4.07. The number of hydrogen-bond acceptors (Lipinski definition) is 14. The first-order valence-corrected chi connectivity index (χ1v) is 25.3. The number of pyridine rings is 1. The van der Waals surface area contributed by atoms with Crippen molar-refractivity contribution in [2.24, 2.45) is 0 Å². The van der Waals surface area contributed by atoms with E-state index in [1.165, 1.54) is 28.0 Å². The topological polar surface area (TPSA) is 243 Å². The summed E-state index contributed by atoms with van der Waals surface area (Å²) >= 11 is 0. The number of halogens is 2. The van der Waals surface area contributed by atoms with Gasteiger partial charge in [-0.1, -0.05) is 13.0 Å². The van der Waals surface area contributed by atoms with Gasteiger partial charge in [0.05, 0.1) is 36.6 Å². The number of nitrogens with one attached hydrogen (secondary N) is 2. The lowest BCUT2D eigenvalue weighted by Gasteiger charge is -2.41. The standard InChI is InChI=1S/C41H51F2N7O6.2CH4O3S/c1-4-28-21-29(8-7-26(28)2)44-34-23-35(51)49(41(54)45-34)12-6-5-11-47-13-14-48(24-27(47)3)38-33(42)22-31-37(36(38)43)50(30-9-10-30)25-32(39(31)52)40(53)56-20-17-46-15-18-55-19-16-46;2*1-5(2,3)4/h7-8,21-23,25,27,30,44H,4-6,9-20,24H2,1-3H3,(H,45,54);2*1H3,(H,2,3,4)/t27-;;/m0../s1. The number of unbranched alkanes of at least 4 members (excludes halogenated alkanes) is 1. The third-order valence-electron chi connectivity index (χ3n) is 11.3. The molecule has 19 nitrogen and oxygen atoms in total. The molecule has 1 saturated carbocycles. The Morgan fingerprint density at radius 3 is 2.20 bits per heavy atom. The lowest BCUT2D eigenvalue weighted by atomic mass is 10.1. The number of fused-ring (bicyclic) bond motifs is 1. The van der Waals surface area contributed by atoms with Crippen molar-refractivity contribution in [1.82, 2.24) is 23.9 Å². The summed E-state index contributed by atoms with van der Waals surface area (Å²) in [6.45, 7) is 11.6. The summed E-state index contributed by atoms with van der Waals surface area (Å²) < 4.78 is 97.7. The molecule has 2 aliphatic heterocycles. The van der Waals surface area contributed by atoms with Crippen molar-refractivity contribution in [3.8, 4) is 0 Å². The van der Waals surface area contributed by atoms with E-state index in [2.05, 4.69) is 27.0 Å². The maximum atomic E-state index is 16.5. The number of anilines is 3. The number of benzene rings is 2. The predicted octanol–water partition coefficient (Wildman–Crippen LogP) is 3.57. The van der Waals surface area contributed by atoms with E-state index in [4.69, 9.17) is 18.6 Å². The number of H-pyrrole nitrogens is 1. The van der Waals surface area contributed by atoms with Gasteiger partial charge in [-0.15, -0.1) is 0 Å². The van der Waals surface area contributed by atoms with E-state index in [1.807, 2.05) is 32.0 Å². The highest BCUT2D eigenvalue weighted by Crippen LogP contribution is 2.40. The van der Waals surface area contributed by atoms with Gasteiger partial charge in [0.2, 0.25) is 5.43 Å². The van der Waals surface area contributed by atoms with Crippen molar-refractivity contribution < 1.29 is 49.0 Å². The molecule has 7 rings (SSSR count). The molecule has 0 spiro atoms. The third kappa shape index (κ3) is 15.0. The van der Waals surface area contributed by atoms with Crippen LogP contribution in [0.1, 0.15) is 67.1 Å². The minimum Gasteiger partial charge on any atom is -0.461 e. The maximum Gasteiger partial charge on any atom is 0.343 e. The number of carbonyl (C=O) groups is 1. The Bertz CT molecular complexity index is 2700. The number of nitrogens with zero attached hydrogens (tertiary/aromatic N) is 5. The van der Waals surface area contributed by atoms with Crippen LogP contribution in [0, 0.1) is 18.6 Å². The molecule has 0 bridgehead atoms. The summed E-state index contributed by atoms with van der Waals surface area (Å²) in [5.74, 6) is -2.13. The van der Waals surface area contributed by atoms with Crippen molar-refractivity contribution in [1.29, 1.82) is 0 Å². The van der Waals surface area contributed by atoms with E-state index in [-0.39, 0.29) is 52.9 Å². The molecule has 2 aromatic carbocycles. The van der Waals surface area contributed by atoms with Crippen molar-refractivity contribution in [3.63, 3.8) is 0 Å². The molecule has 1 aliphatic carbocycles. The monoisotopic (exact) mass is 967 g/mol.